The molecular weight excluding hydrogens is 206 g/mol. The van der Waals surface area contributed by atoms with Crippen LogP contribution in [0.4, 0.5) is 0 Å². The Morgan fingerprint density at radius 2 is 2.00 bits per heavy atom. The summed E-state index contributed by atoms with van der Waals surface area (Å²) in [6.45, 7) is 0.265. The van der Waals surface area contributed by atoms with Gasteiger partial charge < -0.3 is 0 Å². The van der Waals surface area contributed by atoms with Gasteiger partial charge in [-0.25, -0.2) is 0 Å². The first kappa shape index (κ1) is 9.14. The van der Waals surface area contributed by atoms with Gasteiger partial charge in [-0.1, -0.05) is 35.3 Å². The number of hydrogen-bond donors (Lipinski definition) is 0. The smallest absolute Gasteiger partial charge is 0.0948 e. The number of hydrogen-bond acceptors (Lipinski definition) is 1. The summed E-state index contributed by atoms with van der Waals surface area (Å²) in [5.74, 6) is 0. The van der Waals surface area contributed by atoms with Crippen LogP contribution in [0.25, 0.3) is 0 Å². The first-order chi connectivity index (χ1) is 5.25. The number of halogens is 3. The van der Waals surface area contributed by atoms with Crippen LogP contribution in [0.5, 0.6) is 0 Å². The topological polar surface area (TPSA) is 9.23 Å². The third kappa shape index (κ3) is 2.24. The first-order valence-electron chi connectivity index (χ1n) is 2.92. The summed E-state index contributed by atoms with van der Waals surface area (Å²) in [7, 11) is 0. The minimum atomic E-state index is 0.265. The maximum atomic E-state index is 5.80. The highest BCUT2D eigenvalue weighted by atomic mass is 35.5. The van der Waals surface area contributed by atoms with Gasteiger partial charge in [-0.3, -0.25) is 4.29 Å². The zero-order chi connectivity index (χ0) is 8.27. The van der Waals surface area contributed by atoms with Gasteiger partial charge in [0.25, 0.3) is 0 Å². The molecule has 0 aromatic heterocycles. The SMILES string of the molecule is ClOCc1cccc(Cl)c1Cl. The van der Waals surface area contributed by atoms with E-state index in [0.717, 1.165) is 5.56 Å². The van der Waals surface area contributed by atoms with Gasteiger partial charge in [-0.15, -0.1) is 0 Å². The molecule has 0 N–H and O–H groups in total. The second-order valence-corrected chi connectivity index (χ2v) is 2.97. The van der Waals surface area contributed by atoms with Crippen molar-refractivity contribution in [3.05, 3.63) is 33.8 Å². The van der Waals surface area contributed by atoms with E-state index in [4.69, 9.17) is 35.1 Å². The summed E-state index contributed by atoms with van der Waals surface area (Å²) in [5.41, 5.74) is 0.786. The molecule has 0 unspecified atom stereocenters. The molecule has 0 aliphatic carbocycles. The van der Waals surface area contributed by atoms with Crippen LogP contribution in [0.15, 0.2) is 18.2 Å². The molecule has 1 nitrogen and oxygen atoms in total. The lowest BCUT2D eigenvalue weighted by atomic mass is 10.2. The third-order valence-electron chi connectivity index (χ3n) is 1.24. The Kier molecular flexibility index (Phi) is 3.46. The Labute approximate surface area is 80.0 Å². The van der Waals surface area contributed by atoms with E-state index in [1.807, 2.05) is 0 Å². The Balaban J connectivity index is 2.96. The zero-order valence-corrected chi connectivity index (χ0v) is 7.75. The van der Waals surface area contributed by atoms with Gasteiger partial charge in [0.15, 0.2) is 0 Å². The molecule has 0 aliphatic rings. The average Bonchev–Trinajstić information content (AvgIpc) is 1.99. The fraction of sp³-hybridized carbons (Fsp3) is 0.143. The summed E-state index contributed by atoms with van der Waals surface area (Å²) < 4.78 is 4.39. The molecule has 4 heteroatoms. The van der Waals surface area contributed by atoms with Crippen LogP contribution in [-0.4, -0.2) is 0 Å². The van der Waals surface area contributed by atoms with E-state index in [2.05, 4.69) is 4.29 Å². The van der Waals surface area contributed by atoms with Gasteiger partial charge in [0.1, 0.15) is 0 Å². The molecule has 0 amide bonds. The van der Waals surface area contributed by atoms with Gasteiger partial charge in [-0.2, -0.15) is 0 Å². The molecule has 11 heavy (non-hydrogen) atoms. The lowest BCUT2D eigenvalue weighted by Crippen LogP contribution is -1.85. The summed E-state index contributed by atoms with van der Waals surface area (Å²) >= 11 is 16.6. The molecule has 1 aromatic carbocycles. The van der Waals surface area contributed by atoms with Gasteiger partial charge in [0, 0.05) is 0 Å². The average molecular weight is 211 g/mol. The Hall–Kier alpha value is 0.0500. The number of benzene rings is 1. The van der Waals surface area contributed by atoms with E-state index in [0.29, 0.717) is 10.0 Å². The van der Waals surface area contributed by atoms with Crippen molar-refractivity contribution < 1.29 is 4.29 Å². The van der Waals surface area contributed by atoms with Crippen LogP contribution in [0.2, 0.25) is 10.0 Å². The van der Waals surface area contributed by atoms with Crippen LogP contribution >= 0.6 is 35.1 Å². The fourth-order valence-electron chi connectivity index (χ4n) is 0.719. The van der Waals surface area contributed by atoms with Crippen molar-refractivity contribution in [3.8, 4) is 0 Å². The van der Waals surface area contributed by atoms with Gasteiger partial charge >= 0.3 is 0 Å². The van der Waals surface area contributed by atoms with Crippen molar-refractivity contribution in [3.63, 3.8) is 0 Å². The van der Waals surface area contributed by atoms with Gasteiger partial charge in [0.05, 0.1) is 28.5 Å². The van der Waals surface area contributed by atoms with E-state index < -0.39 is 0 Å². The second kappa shape index (κ2) is 4.17. The normalized spacial score (nSPS) is 10.1. The molecule has 0 spiro atoms. The third-order valence-corrected chi connectivity index (χ3v) is 2.21. The van der Waals surface area contributed by atoms with Crippen molar-refractivity contribution in [2.45, 2.75) is 6.61 Å². The largest absolute Gasteiger partial charge is 0.274 e. The molecule has 0 bridgehead atoms. The summed E-state index contributed by atoms with van der Waals surface area (Å²) in [4.78, 5) is 0. The standard InChI is InChI=1S/C7H5Cl3O/c8-6-3-1-2-5(4-11-10)7(6)9/h1-3H,4H2. The highest BCUT2D eigenvalue weighted by molar-refractivity contribution is 6.42. The predicted molar refractivity (Wildman–Crippen MR) is 47.1 cm³/mol. The predicted octanol–water partition coefficient (Wildman–Crippen LogP) is 3.66. The molecule has 0 atom stereocenters. The molecule has 0 aliphatic heterocycles. The van der Waals surface area contributed by atoms with Crippen LogP contribution in [0.3, 0.4) is 0 Å². The lowest BCUT2D eigenvalue weighted by Gasteiger charge is -2.01. The maximum absolute atomic E-state index is 5.80. The molecule has 0 radical (unpaired) electrons. The van der Waals surface area contributed by atoms with Crippen molar-refractivity contribution in [1.82, 2.24) is 0 Å². The van der Waals surface area contributed by atoms with Crippen LogP contribution in [0.1, 0.15) is 5.56 Å². The van der Waals surface area contributed by atoms with Gasteiger partial charge in [0.2, 0.25) is 0 Å². The van der Waals surface area contributed by atoms with E-state index in [-0.39, 0.29) is 6.61 Å². The van der Waals surface area contributed by atoms with Crippen LogP contribution in [-0.2, 0) is 10.9 Å². The monoisotopic (exact) mass is 210 g/mol. The molecule has 0 fully saturated rings. The van der Waals surface area contributed by atoms with Gasteiger partial charge in [-0.05, 0) is 11.6 Å². The molecule has 0 saturated carbocycles. The summed E-state index contributed by atoms with van der Waals surface area (Å²) in [5, 5.41) is 1.01. The lowest BCUT2D eigenvalue weighted by molar-refractivity contribution is 0.341. The van der Waals surface area contributed by atoms with Crippen molar-refractivity contribution >= 4 is 35.1 Å². The Morgan fingerprint density at radius 1 is 1.27 bits per heavy atom. The zero-order valence-electron chi connectivity index (χ0n) is 5.48. The van der Waals surface area contributed by atoms with E-state index in [1.54, 1.807) is 18.2 Å². The van der Waals surface area contributed by atoms with Crippen LogP contribution in [0, 0.1) is 0 Å². The highest BCUT2D eigenvalue weighted by Crippen LogP contribution is 2.25. The molecular formula is C7H5Cl3O. The van der Waals surface area contributed by atoms with E-state index >= 15 is 0 Å². The minimum Gasteiger partial charge on any atom is -0.274 e. The first-order valence-corrected chi connectivity index (χ1v) is 3.98. The number of rotatable bonds is 2. The Bertz CT molecular complexity index is 249. The minimum absolute atomic E-state index is 0.265. The summed E-state index contributed by atoms with van der Waals surface area (Å²) in [6.07, 6.45) is 0. The molecule has 0 saturated heterocycles. The quantitative estimate of drug-likeness (QED) is 0.725. The van der Waals surface area contributed by atoms with Crippen molar-refractivity contribution in [2.75, 3.05) is 0 Å². The molecule has 1 rings (SSSR count). The fourth-order valence-corrected chi connectivity index (χ4v) is 1.21. The molecule has 0 heterocycles. The maximum Gasteiger partial charge on any atom is 0.0948 e. The van der Waals surface area contributed by atoms with E-state index in [1.165, 1.54) is 0 Å². The summed E-state index contributed by atoms with van der Waals surface area (Å²) in [6, 6.07) is 5.30. The van der Waals surface area contributed by atoms with E-state index in [9.17, 15) is 0 Å². The molecule has 60 valence electrons. The molecule has 1 aromatic rings. The van der Waals surface area contributed by atoms with Crippen molar-refractivity contribution in [2.24, 2.45) is 0 Å². The second-order valence-electron chi connectivity index (χ2n) is 1.97. The Morgan fingerprint density at radius 3 is 2.64 bits per heavy atom. The van der Waals surface area contributed by atoms with Crippen LogP contribution < -0.4 is 0 Å². The van der Waals surface area contributed by atoms with Crippen molar-refractivity contribution in [1.29, 1.82) is 0 Å². The highest BCUT2D eigenvalue weighted by Gasteiger charge is 2.02.